The summed E-state index contributed by atoms with van der Waals surface area (Å²) in [6.45, 7) is 2.14. The molecular formula is C9H12N2O2. The van der Waals surface area contributed by atoms with Gasteiger partial charge in [-0.3, -0.25) is 4.79 Å². The van der Waals surface area contributed by atoms with E-state index in [2.05, 4.69) is 21.9 Å². The summed E-state index contributed by atoms with van der Waals surface area (Å²) >= 11 is 0. The Bertz CT molecular complexity index is 295. The molecule has 0 spiro atoms. The number of nitrogens with one attached hydrogen (secondary N) is 1. The molecular weight excluding hydrogens is 168 g/mol. The number of amides is 1. The van der Waals surface area contributed by atoms with Crippen LogP contribution in [0.1, 0.15) is 30.1 Å². The first-order valence-corrected chi connectivity index (χ1v) is 4.51. The van der Waals surface area contributed by atoms with E-state index in [1.807, 2.05) is 0 Å². The van der Waals surface area contributed by atoms with Gasteiger partial charge in [-0.1, -0.05) is 18.5 Å². The first-order chi connectivity index (χ1) is 6.31. The number of rotatable bonds is 3. The Balaban J connectivity index is 1.87. The van der Waals surface area contributed by atoms with Gasteiger partial charge in [0.05, 0.1) is 11.8 Å². The second kappa shape index (κ2) is 3.20. The fourth-order valence-corrected chi connectivity index (χ4v) is 1.44. The molecule has 70 valence electrons. The quantitative estimate of drug-likeness (QED) is 0.760. The average Bonchev–Trinajstić information content (AvgIpc) is 2.68. The Morgan fingerprint density at radius 1 is 1.85 bits per heavy atom. The summed E-state index contributed by atoms with van der Waals surface area (Å²) < 4.78 is 4.58. The number of hydrogen-bond acceptors (Lipinski definition) is 3. The number of carbonyl (C=O) groups excluding carboxylic acids is 1. The highest BCUT2D eigenvalue weighted by Gasteiger charge is 2.36. The SMILES string of the molecule is CC[C@@H]1C[C@H]1NC(=O)c1cnoc1. The smallest absolute Gasteiger partial charge is 0.256 e. The van der Waals surface area contributed by atoms with E-state index in [1.54, 1.807) is 0 Å². The molecule has 0 unspecified atom stereocenters. The summed E-state index contributed by atoms with van der Waals surface area (Å²) in [4.78, 5) is 11.4. The van der Waals surface area contributed by atoms with Gasteiger partial charge < -0.3 is 9.84 Å². The topological polar surface area (TPSA) is 55.1 Å². The highest BCUT2D eigenvalue weighted by Crippen LogP contribution is 2.33. The lowest BCUT2D eigenvalue weighted by Crippen LogP contribution is -2.26. The maximum Gasteiger partial charge on any atom is 0.256 e. The molecule has 0 aliphatic heterocycles. The molecule has 1 aromatic rings. The average molecular weight is 180 g/mol. The van der Waals surface area contributed by atoms with Gasteiger partial charge in [0.1, 0.15) is 6.26 Å². The van der Waals surface area contributed by atoms with Gasteiger partial charge in [-0.05, 0) is 12.3 Å². The molecule has 1 amide bonds. The van der Waals surface area contributed by atoms with Crippen LogP contribution in [0.25, 0.3) is 0 Å². The van der Waals surface area contributed by atoms with E-state index in [-0.39, 0.29) is 5.91 Å². The highest BCUT2D eigenvalue weighted by molar-refractivity contribution is 5.93. The van der Waals surface area contributed by atoms with Crippen LogP contribution in [0, 0.1) is 5.92 Å². The van der Waals surface area contributed by atoms with Crippen molar-refractivity contribution in [2.75, 3.05) is 0 Å². The third kappa shape index (κ3) is 1.71. The molecule has 1 aliphatic carbocycles. The minimum atomic E-state index is -0.0813. The molecule has 2 atom stereocenters. The highest BCUT2D eigenvalue weighted by atomic mass is 16.5. The first kappa shape index (κ1) is 8.29. The largest absolute Gasteiger partial charge is 0.364 e. The predicted octanol–water partition coefficient (Wildman–Crippen LogP) is 1.20. The molecule has 1 aliphatic rings. The van der Waals surface area contributed by atoms with Crippen molar-refractivity contribution in [3.8, 4) is 0 Å². The summed E-state index contributed by atoms with van der Waals surface area (Å²) in [6, 6.07) is 0.368. The summed E-state index contributed by atoms with van der Waals surface area (Å²) in [5.74, 6) is 0.589. The maximum absolute atomic E-state index is 11.4. The van der Waals surface area contributed by atoms with Crippen molar-refractivity contribution in [1.29, 1.82) is 0 Å². The number of aromatic nitrogens is 1. The molecule has 13 heavy (non-hydrogen) atoms. The molecule has 2 rings (SSSR count). The van der Waals surface area contributed by atoms with Crippen LogP contribution in [0.5, 0.6) is 0 Å². The normalized spacial score (nSPS) is 25.6. The lowest BCUT2D eigenvalue weighted by atomic mass is 10.3. The van der Waals surface area contributed by atoms with Gasteiger partial charge in [0.2, 0.25) is 0 Å². The maximum atomic E-state index is 11.4. The zero-order valence-corrected chi connectivity index (χ0v) is 7.49. The van der Waals surface area contributed by atoms with Gasteiger partial charge in [0.15, 0.2) is 0 Å². The Kier molecular flexibility index (Phi) is 2.04. The molecule has 1 aromatic heterocycles. The van der Waals surface area contributed by atoms with Crippen molar-refractivity contribution >= 4 is 5.91 Å². The molecule has 0 saturated heterocycles. The number of hydrogen-bond donors (Lipinski definition) is 1. The molecule has 1 fully saturated rings. The van der Waals surface area contributed by atoms with E-state index in [1.165, 1.54) is 12.5 Å². The lowest BCUT2D eigenvalue weighted by Gasteiger charge is -1.99. The summed E-state index contributed by atoms with van der Waals surface area (Å²) in [7, 11) is 0. The molecule has 0 aromatic carbocycles. The Morgan fingerprint density at radius 3 is 3.23 bits per heavy atom. The van der Waals surface area contributed by atoms with Crippen molar-refractivity contribution in [3.05, 3.63) is 18.0 Å². The van der Waals surface area contributed by atoms with Gasteiger partial charge >= 0.3 is 0 Å². The van der Waals surface area contributed by atoms with Gasteiger partial charge in [0, 0.05) is 6.04 Å². The van der Waals surface area contributed by atoms with E-state index >= 15 is 0 Å². The Labute approximate surface area is 76.3 Å². The van der Waals surface area contributed by atoms with Crippen molar-refractivity contribution in [1.82, 2.24) is 10.5 Å². The molecule has 4 heteroatoms. The van der Waals surface area contributed by atoms with Gasteiger partial charge in [-0.2, -0.15) is 0 Å². The summed E-state index contributed by atoms with van der Waals surface area (Å²) in [5.41, 5.74) is 0.502. The van der Waals surface area contributed by atoms with Crippen LogP contribution >= 0.6 is 0 Å². The van der Waals surface area contributed by atoms with Crippen molar-refractivity contribution in [2.24, 2.45) is 5.92 Å². The van der Waals surface area contributed by atoms with Gasteiger partial charge in [-0.15, -0.1) is 0 Å². The predicted molar refractivity (Wildman–Crippen MR) is 46.2 cm³/mol. The Morgan fingerprint density at radius 2 is 2.69 bits per heavy atom. The van der Waals surface area contributed by atoms with Crippen LogP contribution in [0.2, 0.25) is 0 Å². The minimum absolute atomic E-state index is 0.0813. The van der Waals surface area contributed by atoms with E-state index in [4.69, 9.17) is 0 Å². The van der Waals surface area contributed by atoms with Crippen molar-refractivity contribution in [3.63, 3.8) is 0 Å². The fourth-order valence-electron chi connectivity index (χ4n) is 1.44. The van der Waals surface area contributed by atoms with Crippen LogP contribution in [-0.2, 0) is 0 Å². The van der Waals surface area contributed by atoms with Crippen LogP contribution in [0.3, 0.4) is 0 Å². The standard InChI is InChI=1S/C9H12N2O2/c1-2-6-3-8(6)11-9(12)7-4-10-13-5-7/h4-6,8H,2-3H2,1H3,(H,11,12)/t6-,8-/m1/s1. The monoisotopic (exact) mass is 180 g/mol. The third-order valence-electron chi connectivity index (χ3n) is 2.46. The lowest BCUT2D eigenvalue weighted by molar-refractivity contribution is 0.0948. The summed E-state index contributed by atoms with van der Waals surface area (Å²) in [5, 5.41) is 6.39. The molecule has 1 N–H and O–H groups in total. The number of nitrogens with zero attached hydrogens (tertiary/aromatic N) is 1. The van der Waals surface area contributed by atoms with Crippen LogP contribution in [0.15, 0.2) is 17.0 Å². The zero-order chi connectivity index (χ0) is 9.26. The van der Waals surface area contributed by atoms with Crippen LogP contribution < -0.4 is 5.32 Å². The fraction of sp³-hybridized carbons (Fsp3) is 0.556. The molecule has 1 heterocycles. The second-order valence-corrected chi connectivity index (χ2v) is 3.40. The molecule has 4 nitrogen and oxygen atoms in total. The minimum Gasteiger partial charge on any atom is -0.364 e. The van der Waals surface area contributed by atoms with Crippen LogP contribution in [0.4, 0.5) is 0 Å². The van der Waals surface area contributed by atoms with E-state index in [0.29, 0.717) is 17.5 Å². The first-order valence-electron chi connectivity index (χ1n) is 4.51. The van der Waals surface area contributed by atoms with E-state index < -0.39 is 0 Å². The zero-order valence-electron chi connectivity index (χ0n) is 7.49. The van der Waals surface area contributed by atoms with Crippen molar-refractivity contribution in [2.45, 2.75) is 25.8 Å². The molecule has 1 saturated carbocycles. The van der Waals surface area contributed by atoms with Gasteiger partial charge in [-0.25, -0.2) is 0 Å². The van der Waals surface area contributed by atoms with Gasteiger partial charge in [0.25, 0.3) is 5.91 Å². The second-order valence-electron chi connectivity index (χ2n) is 3.40. The molecule has 0 bridgehead atoms. The third-order valence-corrected chi connectivity index (χ3v) is 2.46. The number of carbonyl (C=O) groups is 1. The Hall–Kier alpha value is -1.32. The van der Waals surface area contributed by atoms with E-state index in [9.17, 15) is 4.79 Å². The van der Waals surface area contributed by atoms with E-state index in [0.717, 1.165) is 12.8 Å². The molecule has 0 radical (unpaired) electrons. The van der Waals surface area contributed by atoms with Crippen LogP contribution in [-0.4, -0.2) is 17.1 Å². The van der Waals surface area contributed by atoms with Crippen molar-refractivity contribution < 1.29 is 9.32 Å². The summed E-state index contributed by atoms with van der Waals surface area (Å²) in [6.07, 6.45) is 5.03.